The van der Waals surface area contributed by atoms with Crippen molar-refractivity contribution in [2.75, 3.05) is 20.1 Å². The van der Waals surface area contributed by atoms with Crippen LogP contribution in [0.2, 0.25) is 0 Å². The first-order chi connectivity index (χ1) is 6.47. The van der Waals surface area contributed by atoms with Gasteiger partial charge in [-0.25, -0.2) is 4.39 Å². The van der Waals surface area contributed by atoms with Gasteiger partial charge in [-0.1, -0.05) is 0 Å². The van der Waals surface area contributed by atoms with E-state index < -0.39 is 5.54 Å². The van der Waals surface area contributed by atoms with Crippen LogP contribution in [0, 0.1) is 0 Å². The number of rotatable bonds is 2. The molecule has 0 saturated heterocycles. The number of hydrogen-bond donors (Lipinski definition) is 1. The van der Waals surface area contributed by atoms with Crippen molar-refractivity contribution < 1.29 is 9.18 Å². The quantitative estimate of drug-likeness (QED) is 0.723. The minimum absolute atomic E-state index is 0.0525. The highest BCUT2D eigenvalue weighted by Crippen LogP contribution is 2.15. The summed E-state index contributed by atoms with van der Waals surface area (Å²) in [6, 6.07) is 0. The van der Waals surface area contributed by atoms with Crippen LogP contribution in [0.1, 0.15) is 20.3 Å². The molecule has 0 saturated carbocycles. The maximum atomic E-state index is 12.9. The molecule has 0 aromatic heterocycles. The third kappa shape index (κ3) is 2.32. The molecule has 0 radical (unpaired) electrons. The summed E-state index contributed by atoms with van der Waals surface area (Å²) >= 11 is 0. The number of nitrogens with one attached hydrogen (secondary N) is 1. The normalized spacial score (nSPS) is 18.0. The fourth-order valence-electron chi connectivity index (χ4n) is 1.38. The van der Waals surface area contributed by atoms with Gasteiger partial charge in [0.2, 0.25) is 5.91 Å². The SMILES string of the molecule is CNC(C)(C)C(=O)N1CCC=C(F)C1. The molecule has 0 bridgehead atoms. The lowest BCUT2D eigenvalue weighted by molar-refractivity contribution is -0.136. The van der Waals surface area contributed by atoms with Gasteiger partial charge in [0.25, 0.3) is 0 Å². The molecule has 14 heavy (non-hydrogen) atoms. The van der Waals surface area contributed by atoms with Gasteiger partial charge in [-0.3, -0.25) is 4.79 Å². The highest BCUT2D eigenvalue weighted by molar-refractivity contribution is 5.85. The second kappa shape index (κ2) is 4.09. The minimum atomic E-state index is -0.613. The molecule has 3 nitrogen and oxygen atoms in total. The van der Waals surface area contributed by atoms with E-state index in [1.165, 1.54) is 6.08 Å². The molecule has 0 aliphatic carbocycles. The Morgan fingerprint density at radius 2 is 2.29 bits per heavy atom. The molecule has 0 atom stereocenters. The van der Waals surface area contributed by atoms with Crippen molar-refractivity contribution in [2.24, 2.45) is 0 Å². The van der Waals surface area contributed by atoms with E-state index >= 15 is 0 Å². The number of hydrogen-bond acceptors (Lipinski definition) is 2. The molecule has 0 unspecified atom stereocenters. The van der Waals surface area contributed by atoms with Crippen LogP contribution >= 0.6 is 0 Å². The van der Waals surface area contributed by atoms with Crippen molar-refractivity contribution >= 4 is 5.91 Å². The summed E-state index contributed by atoms with van der Waals surface area (Å²) in [7, 11) is 1.73. The minimum Gasteiger partial charge on any atom is -0.334 e. The smallest absolute Gasteiger partial charge is 0.242 e. The van der Waals surface area contributed by atoms with E-state index in [2.05, 4.69) is 5.32 Å². The summed E-state index contributed by atoms with van der Waals surface area (Å²) in [5.74, 6) is -0.264. The predicted octanol–water partition coefficient (Wildman–Crippen LogP) is 1.07. The zero-order chi connectivity index (χ0) is 10.8. The largest absolute Gasteiger partial charge is 0.334 e. The first kappa shape index (κ1) is 11.2. The topological polar surface area (TPSA) is 32.3 Å². The van der Waals surface area contributed by atoms with Gasteiger partial charge in [0.1, 0.15) is 5.83 Å². The van der Waals surface area contributed by atoms with E-state index in [4.69, 9.17) is 0 Å². The molecule has 80 valence electrons. The Kier molecular flexibility index (Phi) is 3.26. The van der Waals surface area contributed by atoms with Crippen molar-refractivity contribution in [3.05, 3.63) is 11.9 Å². The van der Waals surface area contributed by atoms with Gasteiger partial charge >= 0.3 is 0 Å². The number of nitrogens with zero attached hydrogens (tertiary/aromatic N) is 1. The monoisotopic (exact) mass is 200 g/mol. The molecule has 0 aromatic rings. The molecule has 0 aromatic carbocycles. The summed E-state index contributed by atoms with van der Waals surface area (Å²) < 4.78 is 12.9. The van der Waals surface area contributed by atoms with Gasteiger partial charge in [-0.05, 0) is 33.4 Å². The van der Waals surface area contributed by atoms with Crippen molar-refractivity contribution in [3.63, 3.8) is 0 Å². The maximum Gasteiger partial charge on any atom is 0.242 e. The summed E-state index contributed by atoms with van der Waals surface area (Å²) in [5, 5.41) is 2.92. The Bertz CT molecular complexity index is 261. The third-order valence-electron chi connectivity index (χ3n) is 2.55. The van der Waals surface area contributed by atoms with Crippen molar-refractivity contribution in [1.82, 2.24) is 10.2 Å². The van der Waals surface area contributed by atoms with Crippen LogP contribution in [0.25, 0.3) is 0 Å². The van der Waals surface area contributed by atoms with E-state index in [0.717, 1.165) is 0 Å². The standard InChI is InChI=1S/C10H17FN2O/c1-10(2,12-3)9(14)13-6-4-5-8(11)7-13/h5,12H,4,6-7H2,1-3H3. The van der Waals surface area contributed by atoms with Gasteiger partial charge in [0.15, 0.2) is 0 Å². The van der Waals surface area contributed by atoms with Gasteiger partial charge < -0.3 is 10.2 Å². The third-order valence-corrected chi connectivity index (χ3v) is 2.55. The Morgan fingerprint density at radius 1 is 1.64 bits per heavy atom. The molecular formula is C10H17FN2O. The number of carbonyl (C=O) groups is 1. The Labute approximate surface area is 84.0 Å². The Hall–Kier alpha value is -0.900. The average molecular weight is 200 g/mol. The molecule has 1 amide bonds. The second-order valence-electron chi connectivity index (χ2n) is 4.04. The van der Waals surface area contributed by atoms with E-state index in [9.17, 15) is 9.18 Å². The molecular weight excluding hydrogens is 183 g/mol. The molecule has 1 aliphatic rings. The molecule has 0 fully saturated rings. The first-order valence-corrected chi connectivity index (χ1v) is 4.80. The summed E-state index contributed by atoms with van der Waals surface area (Å²) in [6.07, 6.45) is 2.15. The van der Waals surface area contributed by atoms with Crippen LogP contribution in [0.3, 0.4) is 0 Å². The summed E-state index contributed by atoms with van der Waals surface area (Å²) in [5.41, 5.74) is -0.613. The van der Waals surface area contributed by atoms with Crippen LogP contribution in [-0.4, -0.2) is 36.5 Å². The van der Waals surface area contributed by atoms with Crippen LogP contribution in [-0.2, 0) is 4.79 Å². The maximum absolute atomic E-state index is 12.9. The lowest BCUT2D eigenvalue weighted by Crippen LogP contribution is -2.53. The Morgan fingerprint density at radius 3 is 2.79 bits per heavy atom. The predicted molar refractivity (Wildman–Crippen MR) is 53.5 cm³/mol. The van der Waals surface area contributed by atoms with E-state index in [1.807, 2.05) is 0 Å². The van der Waals surface area contributed by atoms with Gasteiger partial charge in [-0.15, -0.1) is 0 Å². The molecule has 1 rings (SSSR count). The van der Waals surface area contributed by atoms with Gasteiger partial charge in [0, 0.05) is 6.54 Å². The van der Waals surface area contributed by atoms with Crippen LogP contribution < -0.4 is 5.32 Å². The summed E-state index contributed by atoms with van der Waals surface area (Å²) in [4.78, 5) is 13.4. The zero-order valence-corrected chi connectivity index (χ0v) is 8.93. The van der Waals surface area contributed by atoms with Crippen LogP contribution in [0.15, 0.2) is 11.9 Å². The highest BCUT2D eigenvalue weighted by Gasteiger charge is 2.31. The van der Waals surface area contributed by atoms with E-state index in [0.29, 0.717) is 13.0 Å². The van der Waals surface area contributed by atoms with E-state index in [-0.39, 0.29) is 18.3 Å². The molecule has 1 aliphatic heterocycles. The van der Waals surface area contributed by atoms with Gasteiger partial charge in [-0.2, -0.15) is 0 Å². The first-order valence-electron chi connectivity index (χ1n) is 4.80. The molecule has 1 heterocycles. The number of carbonyl (C=O) groups excluding carboxylic acids is 1. The number of amides is 1. The van der Waals surface area contributed by atoms with Crippen molar-refractivity contribution in [3.8, 4) is 0 Å². The van der Waals surface area contributed by atoms with Crippen molar-refractivity contribution in [1.29, 1.82) is 0 Å². The highest BCUT2D eigenvalue weighted by atomic mass is 19.1. The second-order valence-corrected chi connectivity index (χ2v) is 4.04. The number of likely N-dealkylation sites (N-methyl/N-ethyl adjacent to an activating group) is 1. The van der Waals surface area contributed by atoms with Crippen molar-refractivity contribution in [2.45, 2.75) is 25.8 Å². The van der Waals surface area contributed by atoms with Crippen LogP contribution in [0.4, 0.5) is 4.39 Å². The molecule has 1 N–H and O–H groups in total. The van der Waals surface area contributed by atoms with E-state index in [1.54, 1.807) is 25.8 Å². The zero-order valence-electron chi connectivity index (χ0n) is 8.93. The fraction of sp³-hybridized carbons (Fsp3) is 0.700. The molecule has 0 spiro atoms. The molecule has 4 heteroatoms. The number of halogens is 1. The van der Waals surface area contributed by atoms with Crippen LogP contribution in [0.5, 0.6) is 0 Å². The van der Waals surface area contributed by atoms with Gasteiger partial charge in [0.05, 0.1) is 12.1 Å². The average Bonchev–Trinajstić information content (AvgIpc) is 2.16. The lowest BCUT2D eigenvalue weighted by atomic mass is 10.0. The summed E-state index contributed by atoms with van der Waals surface area (Å²) in [6.45, 7) is 4.32. The lowest BCUT2D eigenvalue weighted by Gasteiger charge is -2.32. The fourth-order valence-corrected chi connectivity index (χ4v) is 1.38. The Balaban J connectivity index is 2.67.